The molecular weight excluding hydrogens is 232 g/mol. The number of rotatable bonds is 4. The summed E-state index contributed by atoms with van der Waals surface area (Å²) >= 11 is 0. The van der Waals surface area contributed by atoms with Crippen LogP contribution in [0.3, 0.4) is 0 Å². The first kappa shape index (κ1) is 15.3. The lowest BCUT2D eigenvalue weighted by molar-refractivity contribution is 0.206. The Morgan fingerprint density at radius 3 is 2.63 bits per heavy atom. The van der Waals surface area contributed by atoms with E-state index in [4.69, 9.17) is 0 Å². The summed E-state index contributed by atoms with van der Waals surface area (Å²) < 4.78 is 0. The minimum absolute atomic E-state index is 0.505. The van der Waals surface area contributed by atoms with E-state index in [0.717, 1.165) is 11.8 Å². The van der Waals surface area contributed by atoms with Crippen LogP contribution in [0, 0.1) is 17.3 Å². The van der Waals surface area contributed by atoms with E-state index in [1.54, 1.807) is 0 Å². The fourth-order valence-electron chi connectivity index (χ4n) is 3.81. The van der Waals surface area contributed by atoms with Gasteiger partial charge in [-0.25, -0.2) is 0 Å². The Morgan fingerprint density at radius 2 is 1.95 bits per heavy atom. The van der Waals surface area contributed by atoms with Crippen molar-refractivity contribution >= 4 is 0 Å². The Labute approximate surface area is 120 Å². The first-order valence-electron chi connectivity index (χ1n) is 8.49. The summed E-state index contributed by atoms with van der Waals surface area (Å²) in [5.41, 5.74) is 0.505. The van der Waals surface area contributed by atoms with Crippen LogP contribution in [0.15, 0.2) is 0 Å². The van der Waals surface area contributed by atoms with Crippen molar-refractivity contribution in [1.82, 2.24) is 10.2 Å². The molecule has 112 valence electrons. The molecule has 0 aromatic carbocycles. The lowest BCUT2D eigenvalue weighted by atomic mass is 9.77. The summed E-state index contributed by atoms with van der Waals surface area (Å²) in [6.07, 6.45) is 8.51. The largest absolute Gasteiger partial charge is 0.316 e. The summed E-state index contributed by atoms with van der Waals surface area (Å²) in [4.78, 5) is 2.73. The summed E-state index contributed by atoms with van der Waals surface area (Å²) in [5, 5.41) is 3.48. The molecule has 2 saturated heterocycles. The minimum Gasteiger partial charge on any atom is -0.316 e. The van der Waals surface area contributed by atoms with Gasteiger partial charge in [-0.05, 0) is 88.5 Å². The van der Waals surface area contributed by atoms with Gasteiger partial charge in [-0.3, -0.25) is 0 Å². The van der Waals surface area contributed by atoms with Crippen molar-refractivity contribution in [2.24, 2.45) is 17.3 Å². The van der Waals surface area contributed by atoms with Crippen molar-refractivity contribution in [2.45, 2.75) is 59.3 Å². The van der Waals surface area contributed by atoms with Crippen LogP contribution < -0.4 is 5.32 Å². The standard InChI is InChI=1S/C17H34N2/c1-17(2,3)16-7-5-12-19(13-9-16)11-4-6-15-8-10-18-14-15/h15-16,18H,4-14H2,1-3H3. The van der Waals surface area contributed by atoms with Gasteiger partial charge in [0, 0.05) is 0 Å². The highest BCUT2D eigenvalue weighted by atomic mass is 15.1. The first-order chi connectivity index (χ1) is 9.05. The highest BCUT2D eigenvalue weighted by Crippen LogP contribution is 2.34. The molecule has 2 heteroatoms. The number of nitrogens with zero attached hydrogens (tertiary/aromatic N) is 1. The van der Waals surface area contributed by atoms with Gasteiger partial charge in [0.2, 0.25) is 0 Å². The Balaban J connectivity index is 1.65. The van der Waals surface area contributed by atoms with Crippen LogP contribution in [0.1, 0.15) is 59.3 Å². The van der Waals surface area contributed by atoms with Gasteiger partial charge in [-0.1, -0.05) is 20.8 Å². The van der Waals surface area contributed by atoms with E-state index in [2.05, 4.69) is 31.0 Å². The number of hydrogen-bond donors (Lipinski definition) is 1. The molecule has 2 atom stereocenters. The van der Waals surface area contributed by atoms with Crippen molar-refractivity contribution in [1.29, 1.82) is 0 Å². The summed E-state index contributed by atoms with van der Waals surface area (Å²) in [6.45, 7) is 13.8. The zero-order chi connectivity index (χ0) is 13.7. The summed E-state index contributed by atoms with van der Waals surface area (Å²) in [6, 6.07) is 0. The van der Waals surface area contributed by atoms with Crippen molar-refractivity contribution in [3.8, 4) is 0 Å². The van der Waals surface area contributed by atoms with E-state index in [1.807, 2.05) is 0 Å². The van der Waals surface area contributed by atoms with Crippen LogP contribution in [-0.2, 0) is 0 Å². The third kappa shape index (κ3) is 5.07. The van der Waals surface area contributed by atoms with Gasteiger partial charge in [0.05, 0.1) is 0 Å². The molecule has 2 nitrogen and oxygen atoms in total. The molecule has 0 amide bonds. The van der Waals surface area contributed by atoms with Crippen molar-refractivity contribution < 1.29 is 0 Å². The molecule has 1 N–H and O–H groups in total. The SMILES string of the molecule is CC(C)(C)C1CCCN(CCCC2CCNC2)CC1. The van der Waals surface area contributed by atoms with E-state index in [9.17, 15) is 0 Å². The molecular formula is C17H34N2. The Hall–Kier alpha value is -0.0800. The zero-order valence-electron chi connectivity index (χ0n) is 13.4. The molecule has 2 fully saturated rings. The van der Waals surface area contributed by atoms with Gasteiger partial charge in [-0.2, -0.15) is 0 Å². The van der Waals surface area contributed by atoms with Crippen LogP contribution in [0.4, 0.5) is 0 Å². The highest BCUT2D eigenvalue weighted by Gasteiger charge is 2.26. The second kappa shape index (κ2) is 7.08. The summed E-state index contributed by atoms with van der Waals surface area (Å²) in [7, 11) is 0. The van der Waals surface area contributed by atoms with Crippen LogP contribution in [-0.4, -0.2) is 37.6 Å². The quantitative estimate of drug-likeness (QED) is 0.837. The van der Waals surface area contributed by atoms with Crippen molar-refractivity contribution in [2.75, 3.05) is 32.7 Å². The normalized spacial score (nSPS) is 30.5. The second-order valence-electron chi connectivity index (χ2n) is 7.84. The predicted molar refractivity (Wildman–Crippen MR) is 83.4 cm³/mol. The maximum absolute atomic E-state index is 3.48. The monoisotopic (exact) mass is 266 g/mol. The third-order valence-corrected chi connectivity index (χ3v) is 5.29. The number of likely N-dealkylation sites (tertiary alicyclic amines) is 1. The lowest BCUT2D eigenvalue weighted by Crippen LogP contribution is -2.27. The van der Waals surface area contributed by atoms with Crippen LogP contribution in [0.25, 0.3) is 0 Å². The first-order valence-corrected chi connectivity index (χ1v) is 8.49. The van der Waals surface area contributed by atoms with E-state index in [0.29, 0.717) is 5.41 Å². The fourth-order valence-corrected chi connectivity index (χ4v) is 3.81. The molecule has 2 rings (SSSR count). The van der Waals surface area contributed by atoms with E-state index >= 15 is 0 Å². The highest BCUT2D eigenvalue weighted by molar-refractivity contribution is 4.79. The smallest absolute Gasteiger partial charge is 0.00159 e. The van der Waals surface area contributed by atoms with Gasteiger partial charge in [-0.15, -0.1) is 0 Å². The van der Waals surface area contributed by atoms with E-state index in [-0.39, 0.29) is 0 Å². The van der Waals surface area contributed by atoms with Gasteiger partial charge < -0.3 is 10.2 Å². The second-order valence-corrected chi connectivity index (χ2v) is 7.84. The Morgan fingerprint density at radius 1 is 1.11 bits per heavy atom. The average Bonchev–Trinajstić information content (AvgIpc) is 2.72. The van der Waals surface area contributed by atoms with Crippen LogP contribution in [0.2, 0.25) is 0 Å². The molecule has 0 aromatic heterocycles. The molecule has 0 aromatic rings. The van der Waals surface area contributed by atoms with Gasteiger partial charge >= 0.3 is 0 Å². The maximum Gasteiger partial charge on any atom is -0.00159 e. The van der Waals surface area contributed by atoms with E-state index < -0.39 is 0 Å². The molecule has 2 unspecified atom stereocenters. The molecule has 0 bridgehead atoms. The number of nitrogens with one attached hydrogen (secondary N) is 1. The molecule has 19 heavy (non-hydrogen) atoms. The maximum atomic E-state index is 3.48. The number of hydrogen-bond acceptors (Lipinski definition) is 2. The molecule has 2 aliphatic rings. The van der Waals surface area contributed by atoms with E-state index in [1.165, 1.54) is 71.2 Å². The average molecular weight is 266 g/mol. The van der Waals surface area contributed by atoms with Crippen molar-refractivity contribution in [3.05, 3.63) is 0 Å². The van der Waals surface area contributed by atoms with Gasteiger partial charge in [0.1, 0.15) is 0 Å². The van der Waals surface area contributed by atoms with Crippen LogP contribution >= 0.6 is 0 Å². The summed E-state index contributed by atoms with van der Waals surface area (Å²) in [5.74, 6) is 1.89. The van der Waals surface area contributed by atoms with Gasteiger partial charge in [0.25, 0.3) is 0 Å². The zero-order valence-corrected chi connectivity index (χ0v) is 13.4. The molecule has 0 spiro atoms. The van der Waals surface area contributed by atoms with Crippen LogP contribution in [0.5, 0.6) is 0 Å². The Bertz CT molecular complexity index is 250. The molecule has 0 saturated carbocycles. The molecule has 0 aliphatic carbocycles. The lowest BCUT2D eigenvalue weighted by Gasteiger charge is -2.29. The minimum atomic E-state index is 0.505. The molecule has 0 radical (unpaired) electrons. The predicted octanol–water partition coefficient (Wildman–Crippen LogP) is 3.52. The fraction of sp³-hybridized carbons (Fsp3) is 1.00. The molecule has 2 aliphatic heterocycles. The molecule has 2 heterocycles. The third-order valence-electron chi connectivity index (χ3n) is 5.29. The van der Waals surface area contributed by atoms with Gasteiger partial charge in [0.15, 0.2) is 0 Å². The Kier molecular flexibility index (Phi) is 5.70. The van der Waals surface area contributed by atoms with Crippen molar-refractivity contribution in [3.63, 3.8) is 0 Å². The topological polar surface area (TPSA) is 15.3 Å².